The van der Waals surface area contributed by atoms with E-state index in [1.807, 2.05) is 0 Å². The molecule has 30 valence electrons. The lowest BCUT2D eigenvalue weighted by Gasteiger charge is -1.61. The topological polar surface area (TPSA) is 57.5 Å². The van der Waals surface area contributed by atoms with Crippen LogP contribution in [0.3, 0.4) is 0 Å². The molecule has 5 heavy (non-hydrogen) atoms. The maximum Gasteiger partial charge on any atom is 0.314 e. The normalized spacial score (nSPS) is 7.00. The van der Waals surface area contributed by atoms with Crippen molar-refractivity contribution in [2.45, 2.75) is 0 Å². The van der Waals surface area contributed by atoms with E-state index < -0.39 is 8.25 Å². The maximum atomic E-state index is 8.74. The van der Waals surface area contributed by atoms with Gasteiger partial charge in [-0.1, -0.05) is 0 Å². The fourth-order valence-electron chi connectivity index (χ4n) is 0. The molecule has 0 aliphatic carbocycles. The van der Waals surface area contributed by atoms with Crippen molar-refractivity contribution in [3.63, 3.8) is 0 Å². The second kappa shape index (κ2) is 4.37. The summed E-state index contributed by atoms with van der Waals surface area (Å²) in [6.07, 6.45) is 0. The zero-order valence-electron chi connectivity index (χ0n) is 2.30. The molecule has 0 spiro atoms. The van der Waals surface area contributed by atoms with Gasteiger partial charge in [-0.15, -0.1) is 0 Å². The monoisotopic (exact) mass is 110 g/mol. The van der Waals surface area contributed by atoms with Crippen molar-refractivity contribution in [1.82, 2.24) is 0 Å². The van der Waals surface area contributed by atoms with E-state index >= 15 is 0 Å². The Bertz CT molecular complexity index is 29.9. The molecule has 4 radical (unpaired) electrons. The van der Waals surface area contributed by atoms with Crippen LogP contribution in [0.4, 0.5) is 0 Å². The van der Waals surface area contributed by atoms with Crippen LogP contribution < -0.4 is 0 Å². The number of hydrogen-bond donors (Lipinski definition) is 2. The molecule has 5 heteroatoms. The molecule has 0 aliphatic rings. The predicted octanol–water partition coefficient (Wildman–Crippen LogP) is -1.02. The highest BCUT2D eigenvalue weighted by molar-refractivity contribution is 7.30. The molecule has 0 aromatic heterocycles. The Kier molecular flexibility index (Phi) is 7.89. The van der Waals surface area contributed by atoms with Gasteiger partial charge in [-0.05, 0) is 0 Å². The lowest BCUT2D eigenvalue weighted by atomic mass is 15.8. The molecular formula is H3O3PSi. The van der Waals surface area contributed by atoms with Crippen LogP contribution in [-0.4, -0.2) is 20.8 Å². The standard InChI is InChI=1S/H3O3P.Si/c1-4(2)3;/h4H,(H2,1,2,3);. The maximum absolute atomic E-state index is 8.74. The van der Waals surface area contributed by atoms with Crippen LogP contribution in [0.1, 0.15) is 0 Å². The van der Waals surface area contributed by atoms with Crippen LogP contribution in [0.15, 0.2) is 0 Å². The Morgan fingerprint density at radius 2 is 1.40 bits per heavy atom. The van der Waals surface area contributed by atoms with Gasteiger partial charge in [0.2, 0.25) is 0 Å². The van der Waals surface area contributed by atoms with Crippen LogP contribution in [0.5, 0.6) is 0 Å². The predicted molar refractivity (Wildman–Crippen MR) is 19.2 cm³/mol. The molecule has 0 bridgehead atoms. The fourth-order valence-corrected chi connectivity index (χ4v) is 0. The smallest absolute Gasteiger partial charge is 0.314 e. The molecule has 2 N–H and O–H groups in total. The Morgan fingerprint density at radius 3 is 1.40 bits per heavy atom. The minimum Gasteiger partial charge on any atom is -0.326 e. The molecule has 0 saturated heterocycles. The summed E-state index contributed by atoms with van der Waals surface area (Å²) in [5, 5.41) is 0. The van der Waals surface area contributed by atoms with Crippen molar-refractivity contribution < 1.29 is 14.4 Å². The fraction of sp³-hybridized carbons (Fsp3) is 0. The summed E-state index contributed by atoms with van der Waals surface area (Å²) in [5.74, 6) is 0. The SMILES string of the molecule is O=[PH](O)O.[Si]. The van der Waals surface area contributed by atoms with E-state index in [0.717, 1.165) is 0 Å². The minimum atomic E-state index is -3.13. The van der Waals surface area contributed by atoms with E-state index in [0.29, 0.717) is 0 Å². The Balaban J connectivity index is 0. The van der Waals surface area contributed by atoms with E-state index in [9.17, 15) is 0 Å². The summed E-state index contributed by atoms with van der Waals surface area (Å²) in [4.78, 5) is 14.3. The quantitative estimate of drug-likeness (QED) is 0.310. The molecule has 0 unspecified atom stereocenters. The zero-order chi connectivity index (χ0) is 3.58. The molecule has 0 rings (SSSR count). The first-order valence-corrected chi connectivity index (χ1v) is 1.95. The van der Waals surface area contributed by atoms with Crippen molar-refractivity contribution in [2.75, 3.05) is 0 Å². The minimum absolute atomic E-state index is 0. The van der Waals surface area contributed by atoms with Gasteiger partial charge in [-0.3, -0.25) is 4.57 Å². The average Bonchev–Trinajstić information content (AvgIpc) is 0.811. The summed E-state index contributed by atoms with van der Waals surface area (Å²) in [6.45, 7) is 0. The van der Waals surface area contributed by atoms with Crippen molar-refractivity contribution >= 4 is 19.2 Å². The molecule has 3 nitrogen and oxygen atoms in total. The van der Waals surface area contributed by atoms with Crippen LogP contribution in [0.25, 0.3) is 0 Å². The van der Waals surface area contributed by atoms with E-state index in [-0.39, 0.29) is 11.0 Å². The Labute approximate surface area is 34.6 Å². The Morgan fingerprint density at radius 1 is 1.40 bits per heavy atom. The van der Waals surface area contributed by atoms with Crippen molar-refractivity contribution in [2.24, 2.45) is 0 Å². The zero-order valence-corrected chi connectivity index (χ0v) is 4.30. The molecule has 0 aromatic rings. The molecule has 0 fully saturated rings. The molecule has 0 heterocycles. The summed E-state index contributed by atoms with van der Waals surface area (Å²) >= 11 is 0. The second-order valence-electron chi connectivity index (χ2n) is 0.283. The van der Waals surface area contributed by atoms with Gasteiger partial charge in [0.25, 0.3) is 0 Å². The highest BCUT2D eigenvalue weighted by atomic mass is 31.1. The molecular weight excluding hydrogens is 107 g/mol. The van der Waals surface area contributed by atoms with Gasteiger partial charge in [-0.25, -0.2) is 0 Å². The van der Waals surface area contributed by atoms with Gasteiger partial charge in [0, 0.05) is 11.0 Å². The third kappa shape index (κ3) is 182. The van der Waals surface area contributed by atoms with Crippen LogP contribution in [-0.2, 0) is 4.57 Å². The first-order valence-electron chi connectivity index (χ1n) is 0.651. The van der Waals surface area contributed by atoms with E-state index in [1.54, 1.807) is 0 Å². The van der Waals surface area contributed by atoms with Gasteiger partial charge in [-0.2, -0.15) is 0 Å². The van der Waals surface area contributed by atoms with Gasteiger partial charge >= 0.3 is 8.25 Å². The van der Waals surface area contributed by atoms with Gasteiger partial charge in [0.1, 0.15) is 0 Å². The van der Waals surface area contributed by atoms with Crippen LogP contribution in [0.2, 0.25) is 0 Å². The van der Waals surface area contributed by atoms with Crippen LogP contribution in [0, 0.1) is 0 Å². The van der Waals surface area contributed by atoms with Crippen molar-refractivity contribution in [1.29, 1.82) is 0 Å². The van der Waals surface area contributed by atoms with Crippen LogP contribution >= 0.6 is 8.25 Å². The van der Waals surface area contributed by atoms with E-state index in [2.05, 4.69) is 0 Å². The second-order valence-corrected chi connectivity index (χ2v) is 0.848. The van der Waals surface area contributed by atoms with Gasteiger partial charge in [0.15, 0.2) is 0 Å². The molecule has 0 aliphatic heterocycles. The highest BCUT2D eigenvalue weighted by Gasteiger charge is 1.61. The third-order valence-corrected chi connectivity index (χ3v) is 0. The highest BCUT2D eigenvalue weighted by Crippen LogP contribution is 1.98. The Hall–Kier alpha value is 0.367. The molecule has 0 saturated carbocycles. The lowest BCUT2D eigenvalue weighted by molar-refractivity contribution is 0.405. The van der Waals surface area contributed by atoms with Gasteiger partial charge in [0.05, 0.1) is 0 Å². The summed E-state index contributed by atoms with van der Waals surface area (Å²) in [7, 11) is -3.13. The largest absolute Gasteiger partial charge is 0.326 e. The van der Waals surface area contributed by atoms with E-state index in [4.69, 9.17) is 14.4 Å². The molecule has 0 aromatic carbocycles. The van der Waals surface area contributed by atoms with E-state index in [1.165, 1.54) is 0 Å². The first kappa shape index (κ1) is 9.03. The first-order chi connectivity index (χ1) is 1.73. The number of hydrogen-bond acceptors (Lipinski definition) is 1. The van der Waals surface area contributed by atoms with Crippen molar-refractivity contribution in [3.05, 3.63) is 0 Å². The number of rotatable bonds is 0. The van der Waals surface area contributed by atoms with Crippen molar-refractivity contribution in [3.8, 4) is 0 Å². The summed E-state index contributed by atoms with van der Waals surface area (Å²) in [5.41, 5.74) is 0. The lowest BCUT2D eigenvalue weighted by Crippen LogP contribution is -1.38. The molecule has 0 atom stereocenters. The summed E-state index contributed by atoms with van der Waals surface area (Å²) in [6, 6.07) is 0. The summed E-state index contributed by atoms with van der Waals surface area (Å²) < 4.78 is 8.74. The third-order valence-electron chi connectivity index (χ3n) is 0. The molecule has 0 amide bonds. The van der Waals surface area contributed by atoms with Gasteiger partial charge < -0.3 is 9.79 Å². The average molecular weight is 110 g/mol.